The van der Waals surface area contributed by atoms with Crippen LogP contribution in [0.5, 0.6) is 11.5 Å². The summed E-state index contributed by atoms with van der Waals surface area (Å²) in [5.41, 5.74) is 2.11. The first-order chi connectivity index (χ1) is 20.7. The van der Waals surface area contributed by atoms with E-state index >= 15 is 0 Å². The fraction of sp³-hybridized carbons (Fsp3) is 0.394. The van der Waals surface area contributed by atoms with Crippen molar-refractivity contribution in [2.45, 2.75) is 69.5 Å². The molecule has 43 heavy (non-hydrogen) atoms. The van der Waals surface area contributed by atoms with Crippen molar-refractivity contribution < 1.29 is 27.5 Å². The lowest BCUT2D eigenvalue weighted by Gasteiger charge is -2.33. The third-order valence-electron chi connectivity index (χ3n) is 7.83. The van der Waals surface area contributed by atoms with Gasteiger partial charge in [-0.2, -0.15) is 0 Å². The molecule has 1 saturated carbocycles. The summed E-state index contributed by atoms with van der Waals surface area (Å²) in [6, 6.07) is 20.0. The highest BCUT2D eigenvalue weighted by Gasteiger charge is 2.35. The summed E-state index contributed by atoms with van der Waals surface area (Å²) in [5, 5.41) is 3.13. The van der Waals surface area contributed by atoms with Gasteiger partial charge in [0.25, 0.3) is 10.0 Å². The van der Waals surface area contributed by atoms with E-state index < -0.39 is 28.5 Å². The summed E-state index contributed by atoms with van der Waals surface area (Å²) in [4.78, 5) is 29.2. The van der Waals surface area contributed by atoms with Crippen LogP contribution in [0.1, 0.15) is 50.2 Å². The van der Waals surface area contributed by atoms with Crippen molar-refractivity contribution in [2.75, 3.05) is 25.1 Å². The molecule has 3 aromatic carbocycles. The summed E-state index contributed by atoms with van der Waals surface area (Å²) in [6.45, 7) is 3.43. The average molecular weight is 608 g/mol. The van der Waals surface area contributed by atoms with Crippen molar-refractivity contribution in [1.29, 1.82) is 0 Å². The SMILES string of the molecule is CC[C@H](C(=O)NC1CCCC1)N(Cc1ccccc1)C(=O)CN(c1ccc(C)cc1)S(=O)(=O)c1ccc(OC)c(OC)c1. The maximum atomic E-state index is 14.2. The predicted octanol–water partition coefficient (Wildman–Crippen LogP) is 5.07. The number of rotatable bonds is 13. The molecule has 2 amide bonds. The Morgan fingerprint density at radius 1 is 0.930 bits per heavy atom. The van der Waals surface area contributed by atoms with Gasteiger partial charge in [0, 0.05) is 18.7 Å². The van der Waals surface area contributed by atoms with Gasteiger partial charge < -0.3 is 19.7 Å². The number of hydrogen-bond donors (Lipinski definition) is 1. The van der Waals surface area contributed by atoms with Crippen LogP contribution in [0, 0.1) is 6.92 Å². The molecule has 1 fully saturated rings. The molecule has 10 heteroatoms. The molecule has 0 spiro atoms. The van der Waals surface area contributed by atoms with Crippen LogP contribution in [0.25, 0.3) is 0 Å². The van der Waals surface area contributed by atoms with Gasteiger partial charge in [-0.3, -0.25) is 13.9 Å². The minimum absolute atomic E-state index is 0.0563. The first-order valence-corrected chi connectivity index (χ1v) is 16.1. The Morgan fingerprint density at radius 3 is 2.19 bits per heavy atom. The van der Waals surface area contributed by atoms with Gasteiger partial charge in [0.05, 0.1) is 24.8 Å². The summed E-state index contributed by atoms with van der Waals surface area (Å²) >= 11 is 0. The summed E-state index contributed by atoms with van der Waals surface area (Å²) < 4.78 is 40.1. The van der Waals surface area contributed by atoms with Crippen molar-refractivity contribution in [1.82, 2.24) is 10.2 Å². The molecular weight excluding hydrogens is 566 g/mol. The van der Waals surface area contributed by atoms with Crippen LogP contribution in [-0.2, 0) is 26.2 Å². The molecule has 0 unspecified atom stereocenters. The van der Waals surface area contributed by atoms with E-state index in [0.717, 1.165) is 41.1 Å². The number of nitrogens with zero attached hydrogens (tertiary/aromatic N) is 2. The second-order valence-electron chi connectivity index (χ2n) is 10.8. The number of aryl methyl sites for hydroxylation is 1. The number of hydrogen-bond acceptors (Lipinski definition) is 6. The number of carbonyl (C=O) groups is 2. The van der Waals surface area contributed by atoms with Crippen LogP contribution in [0.2, 0.25) is 0 Å². The number of methoxy groups -OCH3 is 2. The Balaban J connectivity index is 1.72. The zero-order valence-corrected chi connectivity index (χ0v) is 26.1. The van der Waals surface area contributed by atoms with Crippen molar-refractivity contribution >= 4 is 27.5 Å². The summed E-state index contributed by atoms with van der Waals surface area (Å²) in [6.07, 6.45) is 4.34. The molecule has 1 aliphatic carbocycles. The van der Waals surface area contributed by atoms with Crippen molar-refractivity contribution in [3.05, 3.63) is 83.9 Å². The predicted molar refractivity (Wildman–Crippen MR) is 167 cm³/mol. The van der Waals surface area contributed by atoms with E-state index in [9.17, 15) is 18.0 Å². The van der Waals surface area contributed by atoms with Crippen molar-refractivity contribution in [3.8, 4) is 11.5 Å². The van der Waals surface area contributed by atoms with E-state index in [1.807, 2.05) is 44.2 Å². The van der Waals surface area contributed by atoms with Gasteiger partial charge >= 0.3 is 0 Å². The fourth-order valence-electron chi connectivity index (χ4n) is 5.41. The van der Waals surface area contributed by atoms with Gasteiger partial charge in [-0.1, -0.05) is 67.8 Å². The Labute approximate surface area is 254 Å². The van der Waals surface area contributed by atoms with Crippen molar-refractivity contribution in [3.63, 3.8) is 0 Å². The van der Waals surface area contributed by atoms with Gasteiger partial charge in [-0.05, 0) is 56.0 Å². The minimum Gasteiger partial charge on any atom is -0.493 e. The standard InChI is InChI=1S/C33H41N3O6S/c1-5-29(33(38)34-26-13-9-10-14-26)35(22-25-11-7-6-8-12-25)32(37)23-36(27-17-15-24(2)16-18-27)43(39,40)28-19-20-30(41-3)31(21-28)42-4/h6-8,11-12,15-21,26,29H,5,9-10,13-14,22-23H2,1-4H3,(H,34,38)/t29-/m1/s1. The third kappa shape index (κ3) is 7.67. The number of sulfonamides is 1. The lowest BCUT2D eigenvalue weighted by atomic mass is 10.1. The monoisotopic (exact) mass is 607 g/mol. The largest absolute Gasteiger partial charge is 0.493 e. The quantitative estimate of drug-likeness (QED) is 0.291. The first-order valence-electron chi connectivity index (χ1n) is 14.6. The smallest absolute Gasteiger partial charge is 0.264 e. The van der Waals surface area contributed by atoms with E-state index in [-0.39, 0.29) is 29.1 Å². The second kappa shape index (κ2) is 14.4. The summed E-state index contributed by atoms with van der Waals surface area (Å²) in [7, 11) is -1.35. The normalized spacial score (nSPS) is 14.1. The number of carbonyl (C=O) groups excluding carboxylic acids is 2. The highest BCUT2D eigenvalue weighted by atomic mass is 32.2. The number of benzene rings is 3. The second-order valence-corrected chi connectivity index (χ2v) is 12.6. The number of ether oxygens (including phenoxy) is 2. The molecule has 0 aliphatic heterocycles. The zero-order chi connectivity index (χ0) is 31.0. The molecule has 1 aliphatic rings. The molecule has 0 radical (unpaired) electrons. The van der Waals surface area contributed by atoms with Crippen LogP contribution < -0.4 is 19.1 Å². The van der Waals surface area contributed by atoms with E-state index in [2.05, 4.69) is 5.32 Å². The molecule has 0 bridgehead atoms. The Hall–Kier alpha value is -4.05. The first kappa shape index (κ1) is 31.9. The van der Waals surface area contributed by atoms with Crippen LogP contribution in [0.15, 0.2) is 77.7 Å². The maximum Gasteiger partial charge on any atom is 0.264 e. The molecule has 230 valence electrons. The van der Waals surface area contributed by atoms with Gasteiger partial charge in [-0.15, -0.1) is 0 Å². The maximum absolute atomic E-state index is 14.2. The topological polar surface area (TPSA) is 105 Å². The van der Waals surface area contributed by atoms with Crippen LogP contribution in [0.4, 0.5) is 5.69 Å². The molecule has 9 nitrogen and oxygen atoms in total. The van der Waals surface area contributed by atoms with Gasteiger partial charge in [0.2, 0.25) is 11.8 Å². The zero-order valence-electron chi connectivity index (χ0n) is 25.3. The average Bonchev–Trinajstić information content (AvgIpc) is 3.53. The van der Waals surface area contributed by atoms with Gasteiger partial charge in [0.15, 0.2) is 11.5 Å². The van der Waals surface area contributed by atoms with Crippen LogP contribution >= 0.6 is 0 Å². The van der Waals surface area contributed by atoms with Gasteiger partial charge in [0.1, 0.15) is 12.6 Å². The van der Waals surface area contributed by atoms with E-state index in [4.69, 9.17) is 9.47 Å². The molecule has 0 heterocycles. The Bertz CT molecular complexity index is 1490. The molecule has 0 saturated heterocycles. The number of nitrogens with one attached hydrogen (secondary N) is 1. The fourth-order valence-corrected chi connectivity index (χ4v) is 6.84. The van der Waals surface area contributed by atoms with Crippen molar-refractivity contribution in [2.24, 2.45) is 0 Å². The Kier molecular flexibility index (Phi) is 10.7. The molecule has 4 rings (SSSR count). The lowest BCUT2D eigenvalue weighted by molar-refractivity contribution is -0.140. The number of anilines is 1. The molecule has 1 atom stereocenters. The van der Waals surface area contributed by atoms with E-state index in [1.54, 1.807) is 24.3 Å². The third-order valence-corrected chi connectivity index (χ3v) is 9.60. The van der Waals surface area contributed by atoms with Crippen LogP contribution in [-0.4, -0.2) is 58.0 Å². The van der Waals surface area contributed by atoms with E-state index in [1.165, 1.54) is 37.3 Å². The molecule has 1 N–H and O–H groups in total. The van der Waals surface area contributed by atoms with Crippen LogP contribution in [0.3, 0.4) is 0 Å². The number of amides is 2. The molecule has 0 aromatic heterocycles. The molecule has 3 aromatic rings. The highest BCUT2D eigenvalue weighted by molar-refractivity contribution is 7.92. The molecular formula is C33H41N3O6S. The Morgan fingerprint density at radius 2 is 1.58 bits per heavy atom. The lowest BCUT2D eigenvalue weighted by Crippen LogP contribution is -2.53. The highest BCUT2D eigenvalue weighted by Crippen LogP contribution is 2.32. The minimum atomic E-state index is -4.25. The summed E-state index contributed by atoms with van der Waals surface area (Å²) in [5.74, 6) is -0.0724. The van der Waals surface area contributed by atoms with E-state index in [0.29, 0.717) is 17.9 Å². The van der Waals surface area contributed by atoms with Gasteiger partial charge in [-0.25, -0.2) is 8.42 Å².